The molecular weight excluding hydrogens is 234 g/mol. The maximum absolute atomic E-state index is 10.8. The highest BCUT2D eigenvalue weighted by Crippen LogP contribution is 2.36. The number of benzene rings is 1. The minimum atomic E-state index is -0.305. The van der Waals surface area contributed by atoms with Gasteiger partial charge in [-0.05, 0) is 99.8 Å². The summed E-state index contributed by atoms with van der Waals surface area (Å²) in [5.74, 6) is 0.403. The Morgan fingerprint density at radius 2 is 1.26 bits per heavy atom. The average molecular weight is 261 g/mol. The normalized spacial score (nSPS) is 18.6. The first kappa shape index (κ1) is 14.5. The highest BCUT2D eigenvalue weighted by atomic mass is 16.3. The lowest BCUT2D eigenvalue weighted by atomic mass is 9.81. The third kappa shape index (κ3) is 2.56. The van der Waals surface area contributed by atoms with E-state index in [0.717, 1.165) is 25.9 Å². The van der Waals surface area contributed by atoms with Crippen LogP contribution in [0.3, 0.4) is 0 Å². The smallest absolute Gasteiger partial charge is 0.0824 e. The van der Waals surface area contributed by atoms with Crippen molar-refractivity contribution in [2.24, 2.45) is 5.92 Å². The van der Waals surface area contributed by atoms with E-state index in [4.69, 9.17) is 0 Å². The van der Waals surface area contributed by atoms with Gasteiger partial charge in [0.25, 0.3) is 0 Å². The van der Waals surface area contributed by atoms with Crippen molar-refractivity contribution in [3.63, 3.8) is 0 Å². The van der Waals surface area contributed by atoms with E-state index in [9.17, 15) is 5.11 Å². The van der Waals surface area contributed by atoms with E-state index >= 15 is 0 Å². The average Bonchev–Trinajstić information content (AvgIpc) is 2.44. The molecule has 1 fully saturated rings. The summed E-state index contributed by atoms with van der Waals surface area (Å²) in [5, 5.41) is 14.2. The van der Waals surface area contributed by atoms with Gasteiger partial charge in [-0.3, -0.25) is 0 Å². The molecule has 0 bridgehead atoms. The maximum atomic E-state index is 10.8. The number of hydrogen-bond donors (Lipinski definition) is 2. The predicted octanol–water partition coefficient (Wildman–Crippen LogP) is 3.26. The van der Waals surface area contributed by atoms with Crippen molar-refractivity contribution in [1.29, 1.82) is 0 Å². The van der Waals surface area contributed by atoms with Crippen molar-refractivity contribution in [2.75, 3.05) is 13.1 Å². The monoisotopic (exact) mass is 261 g/mol. The lowest BCUT2D eigenvalue weighted by Crippen LogP contribution is -2.31. The van der Waals surface area contributed by atoms with Gasteiger partial charge >= 0.3 is 0 Å². The molecule has 19 heavy (non-hydrogen) atoms. The number of aliphatic hydroxyl groups excluding tert-OH is 1. The lowest BCUT2D eigenvalue weighted by Gasteiger charge is -2.31. The van der Waals surface area contributed by atoms with Crippen LogP contribution in [-0.2, 0) is 0 Å². The van der Waals surface area contributed by atoms with Crippen LogP contribution in [-0.4, -0.2) is 18.2 Å². The van der Waals surface area contributed by atoms with Gasteiger partial charge in [0.1, 0.15) is 0 Å². The first-order chi connectivity index (χ1) is 8.95. The largest absolute Gasteiger partial charge is 0.388 e. The van der Waals surface area contributed by atoms with Crippen LogP contribution in [0.1, 0.15) is 52.3 Å². The van der Waals surface area contributed by atoms with E-state index in [1.807, 2.05) is 0 Å². The summed E-state index contributed by atoms with van der Waals surface area (Å²) in [6, 6.07) is 0. The van der Waals surface area contributed by atoms with Gasteiger partial charge in [-0.25, -0.2) is 0 Å². The third-order valence-electron chi connectivity index (χ3n) is 5.18. The predicted molar refractivity (Wildman–Crippen MR) is 80.7 cm³/mol. The maximum Gasteiger partial charge on any atom is 0.0824 e. The molecule has 1 aliphatic heterocycles. The van der Waals surface area contributed by atoms with Gasteiger partial charge in [0.05, 0.1) is 6.10 Å². The number of rotatable bonds is 2. The fourth-order valence-electron chi connectivity index (χ4n) is 3.37. The lowest BCUT2D eigenvalue weighted by molar-refractivity contribution is 0.0877. The van der Waals surface area contributed by atoms with Crippen LogP contribution in [0, 0.1) is 40.5 Å². The minimum Gasteiger partial charge on any atom is -0.388 e. The Balaban J connectivity index is 2.43. The van der Waals surface area contributed by atoms with Crippen LogP contribution < -0.4 is 5.32 Å². The highest BCUT2D eigenvalue weighted by molar-refractivity contribution is 5.50. The summed E-state index contributed by atoms with van der Waals surface area (Å²) in [6.07, 6.45) is 1.85. The number of piperidine rings is 1. The van der Waals surface area contributed by atoms with E-state index in [1.54, 1.807) is 0 Å². The summed E-state index contributed by atoms with van der Waals surface area (Å²) in [4.78, 5) is 0. The number of hydrogen-bond acceptors (Lipinski definition) is 2. The van der Waals surface area contributed by atoms with Crippen molar-refractivity contribution in [3.8, 4) is 0 Å². The standard InChI is InChI=1S/C17H27NO/c1-10-11(2)13(4)16(14(5)12(10)3)17(19)15-6-8-18-9-7-15/h15,17-19H,6-9H2,1-5H3. The Morgan fingerprint density at radius 3 is 1.74 bits per heavy atom. The molecule has 0 aliphatic carbocycles. The molecule has 0 saturated carbocycles. The van der Waals surface area contributed by atoms with Crippen molar-refractivity contribution in [1.82, 2.24) is 5.32 Å². The van der Waals surface area contributed by atoms with E-state index in [1.165, 1.54) is 33.4 Å². The highest BCUT2D eigenvalue weighted by Gasteiger charge is 2.27. The van der Waals surface area contributed by atoms with Gasteiger partial charge in [0.2, 0.25) is 0 Å². The molecule has 1 heterocycles. The Labute approximate surface area is 117 Å². The van der Waals surface area contributed by atoms with Crippen LogP contribution in [0.4, 0.5) is 0 Å². The molecule has 2 rings (SSSR count). The molecule has 1 unspecified atom stereocenters. The Kier molecular flexibility index (Phi) is 4.32. The third-order valence-corrected chi connectivity index (χ3v) is 5.18. The molecule has 0 aromatic heterocycles. The molecule has 0 amide bonds. The topological polar surface area (TPSA) is 32.3 Å². The van der Waals surface area contributed by atoms with Crippen molar-refractivity contribution in [2.45, 2.75) is 53.6 Å². The summed E-state index contributed by atoms with van der Waals surface area (Å²) >= 11 is 0. The van der Waals surface area contributed by atoms with Crippen LogP contribution >= 0.6 is 0 Å². The first-order valence-corrected chi connectivity index (χ1v) is 7.40. The quantitative estimate of drug-likeness (QED) is 0.856. The van der Waals surface area contributed by atoms with Crippen molar-refractivity contribution < 1.29 is 5.11 Å². The van der Waals surface area contributed by atoms with Gasteiger partial charge in [0.15, 0.2) is 0 Å². The van der Waals surface area contributed by atoms with Gasteiger partial charge in [-0.1, -0.05) is 0 Å². The summed E-state index contributed by atoms with van der Waals surface area (Å²) < 4.78 is 0. The fraction of sp³-hybridized carbons (Fsp3) is 0.647. The fourth-order valence-corrected chi connectivity index (χ4v) is 3.37. The molecular formula is C17H27NO. The molecule has 1 aromatic rings. The molecule has 1 aromatic carbocycles. The molecule has 0 radical (unpaired) electrons. The zero-order valence-electron chi connectivity index (χ0n) is 12.9. The molecule has 2 N–H and O–H groups in total. The van der Waals surface area contributed by atoms with E-state index in [-0.39, 0.29) is 6.10 Å². The van der Waals surface area contributed by atoms with Gasteiger partial charge < -0.3 is 10.4 Å². The molecule has 2 heteroatoms. The molecule has 2 nitrogen and oxygen atoms in total. The second kappa shape index (κ2) is 5.64. The van der Waals surface area contributed by atoms with Crippen LogP contribution in [0.2, 0.25) is 0 Å². The van der Waals surface area contributed by atoms with E-state index in [2.05, 4.69) is 39.9 Å². The van der Waals surface area contributed by atoms with Crippen LogP contribution in [0.15, 0.2) is 0 Å². The number of aliphatic hydroxyl groups is 1. The molecule has 106 valence electrons. The second-order valence-corrected chi connectivity index (χ2v) is 6.07. The summed E-state index contributed by atoms with van der Waals surface area (Å²) in [5.41, 5.74) is 7.80. The van der Waals surface area contributed by atoms with Crippen LogP contribution in [0.25, 0.3) is 0 Å². The zero-order valence-corrected chi connectivity index (χ0v) is 12.9. The molecule has 1 saturated heterocycles. The zero-order chi connectivity index (χ0) is 14.2. The van der Waals surface area contributed by atoms with Gasteiger partial charge in [-0.15, -0.1) is 0 Å². The van der Waals surface area contributed by atoms with E-state index < -0.39 is 0 Å². The molecule has 0 spiro atoms. The molecule has 1 atom stereocenters. The Morgan fingerprint density at radius 1 is 0.842 bits per heavy atom. The second-order valence-electron chi connectivity index (χ2n) is 6.07. The van der Waals surface area contributed by atoms with Crippen molar-refractivity contribution in [3.05, 3.63) is 33.4 Å². The first-order valence-electron chi connectivity index (χ1n) is 7.40. The van der Waals surface area contributed by atoms with Crippen LogP contribution in [0.5, 0.6) is 0 Å². The van der Waals surface area contributed by atoms with Gasteiger partial charge in [-0.2, -0.15) is 0 Å². The Bertz CT molecular complexity index is 444. The summed E-state index contributed by atoms with van der Waals surface area (Å²) in [7, 11) is 0. The SMILES string of the molecule is Cc1c(C)c(C)c(C(O)C2CCNCC2)c(C)c1C. The van der Waals surface area contributed by atoms with Crippen molar-refractivity contribution >= 4 is 0 Å². The van der Waals surface area contributed by atoms with Gasteiger partial charge in [0, 0.05) is 0 Å². The summed E-state index contributed by atoms with van der Waals surface area (Å²) in [6.45, 7) is 12.9. The Hall–Kier alpha value is -0.860. The number of nitrogens with one attached hydrogen (secondary N) is 1. The molecule has 1 aliphatic rings. The minimum absolute atomic E-state index is 0.305. The van der Waals surface area contributed by atoms with E-state index in [0.29, 0.717) is 5.92 Å².